The Hall–Kier alpha value is -2.22. The highest BCUT2D eigenvalue weighted by molar-refractivity contribution is 7.89. The lowest BCUT2D eigenvalue weighted by atomic mass is 9.96. The summed E-state index contributed by atoms with van der Waals surface area (Å²) >= 11 is 0. The smallest absolute Gasteiger partial charge is 0.240 e. The van der Waals surface area contributed by atoms with Crippen LogP contribution in [0.4, 0.5) is 5.69 Å². The molecule has 2 aromatic rings. The van der Waals surface area contributed by atoms with Gasteiger partial charge < -0.3 is 5.32 Å². The fourth-order valence-electron chi connectivity index (χ4n) is 3.51. The van der Waals surface area contributed by atoms with Crippen LogP contribution in [0.15, 0.2) is 53.4 Å². The van der Waals surface area contributed by atoms with Crippen molar-refractivity contribution in [1.82, 2.24) is 9.62 Å². The summed E-state index contributed by atoms with van der Waals surface area (Å²) in [6, 6.07) is 15.0. The predicted octanol–water partition coefficient (Wildman–Crippen LogP) is 2.75. The Kier molecular flexibility index (Phi) is 6.49. The molecule has 1 amide bonds. The second-order valence-corrected chi connectivity index (χ2v) is 9.12. The Morgan fingerprint density at radius 3 is 2.64 bits per heavy atom. The number of anilines is 1. The van der Waals surface area contributed by atoms with Gasteiger partial charge in [0, 0.05) is 18.8 Å². The molecule has 0 spiro atoms. The van der Waals surface area contributed by atoms with E-state index in [1.165, 1.54) is 18.7 Å². The van der Waals surface area contributed by atoms with E-state index < -0.39 is 10.0 Å². The van der Waals surface area contributed by atoms with E-state index in [0.29, 0.717) is 12.2 Å². The fourth-order valence-corrected chi connectivity index (χ4v) is 4.27. The summed E-state index contributed by atoms with van der Waals surface area (Å²) in [5, 5.41) is 2.94. The lowest BCUT2D eigenvalue weighted by molar-refractivity contribution is -0.121. The minimum atomic E-state index is -3.55. The van der Waals surface area contributed by atoms with Crippen molar-refractivity contribution in [2.24, 2.45) is 5.92 Å². The highest BCUT2D eigenvalue weighted by Gasteiger charge is 2.26. The maximum atomic E-state index is 12.8. The number of carbonyl (C=O) groups is 1. The van der Waals surface area contributed by atoms with Crippen molar-refractivity contribution in [1.29, 1.82) is 0 Å². The number of nitrogens with one attached hydrogen (secondary N) is 2. The van der Waals surface area contributed by atoms with Crippen LogP contribution in [-0.4, -0.2) is 39.4 Å². The molecule has 1 heterocycles. The SMILES string of the molecule is CNS(=O)(=O)c1ccc(C)c(NC(=O)[C@@H]2CCCN(Cc3ccccc3)C2)c1. The van der Waals surface area contributed by atoms with Gasteiger partial charge in [0.05, 0.1) is 10.8 Å². The van der Waals surface area contributed by atoms with Gasteiger partial charge in [-0.15, -0.1) is 0 Å². The highest BCUT2D eigenvalue weighted by Crippen LogP contribution is 2.24. The van der Waals surface area contributed by atoms with Gasteiger partial charge in [0.2, 0.25) is 15.9 Å². The highest BCUT2D eigenvalue weighted by atomic mass is 32.2. The van der Waals surface area contributed by atoms with Crippen LogP contribution in [0.2, 0.25) is 0 Å². The zero-order chi connectivity index (χ0) is 20.1. The van der Waals surface area contributed by atoms with Crippen molar-refractivity contribution in [3.05, 3.63) is 59.7 Å². The van der Waals surface area contributed by atoms with Gasteiger partial charge in [0.1, 0.15) is 0 Å². The average molecular weight is 402 g/mol. The van der Waals surface area contributed by atoms with Crippen LogP contribution in [0.5, 0.6) is 0 Å². The van der Waals surface area contributed by atoms with E-state index in [-0.39, 0.29) is 16.7 Å². The quantitative estimate of drug-likeness (QED) is 0.780. The number of likely N-dealkylation sites (tertiary alicyclic amines) is 1. The summed E-state index contributed by atoms with van der Waals surface area (Å²) in [4.78, 5) is 15.3. The van der Waals surface area contributed by atoms with Crippen molar-refractivity contribution < 1.29 is 13.2 Å². The van der Waals surface area contributed by atoms with Crippen molar-refractivity contribution in [3.63, 3.8) is 0 Å². The zero-order valence-electron chi connectivity index (χ0n) is 16.3. The van der Waals surface area contributed by atoms with E-state index >= 15 is 0 Å². The first-order valence-corrected chi connectivity index (χ1v) is 11.0. The van der Waals surface area contributed by atoms with Crippen molar-refractivity contribution in [3.8, 4) is 0 Å². The normalized spacial score (nSPS) is 18.0. The third-order valence-corrected chi connectivity index (χ3v) is 6.58. The molecule has 0 radical (unpaired) electrons. The molecular weight excluding hydrogens is 374 g/mol. The summed E-state index contributed by atoms with van der Waals surface area (Å²) in [7, 11) is -2.18. The topological polar surface area (TPSA) is 78.5 Å². The molecule has 1 aliphatic heterocycles. The summed E-state index contributed by atoms with van der Waals surface area (Å²) in [6.45, 7) is 4.37. The van der Waals surface area contributed by atoms with Crippen molar-refractivity contribution >= 4 is 21.6 Å². The van der Waals surface area contributed by atoms with Gasteiger partial charge in [-0.1, -0.05) is 36.4 Å². The molecule has 1 atom stereocenters. The van der Waals surface area contributed by atoms with Gasteiger partial charge in [-0.25, -0.2) is 13.1 Å². The van der Waals surface area contributed by atoms with Crippen LogP contribution in [0, 0.1) is 12.8 Å². The standard InChI is InChI=1S/C21H27N3O3S/c1-16-10-11-19(28(26,27)22-2)13-20(16)23-21(25)18-9-6-12-24(15-18)14-17-7-4-3-5-8-17/h3-5,7-8,10-11,13,18,22H,6,9,12,14-15H2,1-2H3,(H,23,25)/t18-/m1/s1. The Morgan fingerprint density at radius 2 is 1.93 bits per heavy atom. The van der Waals surface area contributed by atoms with Crippen molar-refractivity contribution in [2.75, 3.05) is 25.5 Å². The molecule has 0 bridgehead atoms. The molecule has 0 saturated carbocycles. The van der Waals surface area contributed by atoms with Crippen LogP contribution in [0.1, 0.15) is 24.0 Å². The van der Waals surface area contributed by atoms with Crippen LogP contribution in [-0.2, 0) is 21.4 Å². The molecule has 2 N–H and O–H groups in total. The molecular formula is C21H27N3O3S. The van der Waals surface area contributed by atoms with Gasteiger partial charge in [-0.2, -0.15) is 0 Å². The minimum absolute atomic E-state index is 0.0557. The number of benzene rings is 2. The van der Waals surface area contributed by atoms with E-state index in [0.717, 1.165) is 31.5 Å². The maximum Gasteiger partial charge on any atom is 0.240 e. The molecule has 6 nitrogen and oxygen atoms in total. The predicted molar refractivity (Wildman–Crippen MR) is 110 cm³/mol. The molecule has 1 saturated heterocycles. The van der Waals surface area contributed by atoms with E-state index in [2.05, 4.69) is 27.1 Å². The van der Waals surface area contributed by atoms with Crippen LogP contribution in [0.3, 0.4) is 0 Å². The molecule has 7 heteroatoms. The number of hydrogen-bond donors (Lipinski definition) is 2. The average Bonchev–Trinajstić information content (AvgIpc) is 2.70. The Balaban J connectivity index is 1.68. The van der Waals surface area contributed by atoms with Crippen LogP contribution < -0.4 is 10.0 Å². The number of rotatable bonds is 6. The summed E-state index contributed by atoms with van der Waals surface area (Å²) < 4.78 is 26.4. The molecule has 3 rings (SSSR count). The second kappa shape index (κ2) is 8.86. The van der Waals surface area contributed by atoms with E-state index in [1.54, 1.807) is 12.1 Å². The molecule has 2 aromatic carbocycles. The summed E-state index contributed by atoms with van der Waals surface area (Å²) in [6.07, 6.45) is 1.81. The Labute approximate surface area is 167 Å². The molecule has 28 heavy (non-hydrogen) atoms. The lowest BCUT2D eigenvalue weighted by Gasteiger charge is -2.32. The second-order valence-electron chi connectivity index (χ2n) is 7.23. The third-order valence-electron chi connectivity index (χ3n) is 5.17. The third kappa shape index (κ3) is 4.98. The first-order valence-electron chi connectivity index (χ1n) is 9.50. The number of piperidine rings is 1. The molecule has 0 aliphatic carbocycles. The lowest BCUT2D eigenvalue weighted by Crippen LogP contribution is -2.40. The van der Waals surface area contributed by atoms with Gasteiger partial charge in [-0.05, 0) is 56.6 Å². The van der Waals surface area contributed by atoms with Gasteiger partial charge in [-0.3, -0.25) is 9.69 Å². The van der Waals surface area contributed by atoms with E-state index in [1.807, 2.05) is 25.1 Å². The molecule has 0 aromatic heterocycles. The van der Waals surface area contributed by atoms with Gasteiger partial charge in [0.15, 0.2) is 0 Å². The minimum Gasteiger partial charge on any atom is -0.326 e. The first kappa shape index (κ1) is 20.5. The van der Waals surface area contributed by atoms with Crippen LogP contribution in [0.25, 0.3) is 0 Å². The summed E-state index contributed by atoms with van der Waals surface area (Å²) in [5.41, 5.74) is 2.62. The monoisotopic (exact) mass is 401 g/mol. The zero-order valence-corrected chi connectivity index (χ0v) is 17.1. The summed E-state index contributed by atoms with van der Waals surface area (Å²) in [5.74, 6) is -0.165. The van der Waals surface area contributed by atoms with Crippen LogP contribution >= 0.6 is 0 Å². The fraction of sp³-hybridized carbons (Fsp3) is 0.381. The molecule has 150 valence electrons. The number of nitrogens with zero attached hydrogens (tertiary/aromatic N) is 1. The van der Waals surface area contributed by atoms with Gasteiger partial charge >= 0.3 is 0 Å². The number of carbonyl (C=O) groups excluding carboxylic acids is 1. The number of amides is 1. The van der Waals surface area contributed by atoms with Gasteiger partial charge in [0.25, 0.3) is 0 Å². The van der Waals surface area contributed by atoms with Crippen molar-refractivity contribution in [2.45, 2.75) is 31.2 Å². The molecule has 0 unspecified atom stereocenters. The maximum absolute atomic E-state index is 12.8. The first-order chi connectivity index (χ1) is 13.4. The Bertz CT molecular complexity index is 929. The largest absolute Gasteiger partial charge is 0.326 e. The molecule has 1 fully saturated rings. The number of aryl methyl sites for hydroxylation is 1. The number of hydrogen-bond acceptors (Lipinski definition) is 4. The Morgan fingerprint density at radius 1 is 1.18 bits per heavy atom. The van der Waals surface area contributed by atoms with E-state index in [9.17, 15) is 13.2 Å². The van der Waals surface area contributed by atoms with E-state index in [4.69, 9.17) is 0 Å². The number of sulfonamides is 1. The molecule has 1 aliphatic rings.